The molecular weight excluding hydrogens is 1380 g/mol. The molecule has 0 aliphatic rings. The van der Waals surface area contributed by atoms with Gasteiger partial charge in [-0.15, -0.1) is 0 Å². The average Bonchev–Trinajstić information content (AvgIpc) is 0.898. The molecular formula is C87H170O17P2. The molecule has 0 radical (unpaired) electrons. The molecule has 3 N–H and O–H groups in total. The lowest BCUT2D eigenvalue weighted by Crippen LogP contribution is -2.30. The Kier molecular flexibility index (Phi) is 75.6. The number of phosphoric acid groups is 2. The molecule has 0 rings (SSSR count). The van der Waals surface area contributed by atoms with E-state index in [1.807, 2.05) is 0 Å². The Labute approximate surface area is 651 Å². The van der Waals surface area contributed by atoms with Crippen LogP contribution in [0.3, 0.4) is 0 Å². The first-order valence-electron chi connectivity index (χ1n) is 44.9. The molecule has 0 aromatic rings. The Morgan fingerprint density at radius 2 is 0.481 bits per heavy atom. The number of hydrogen-bond donors (Lipinski definition) is 3. The van der Waals surface area contributed by atoms with Crippen LogP contribution in [0.1, 0.15) is 459 Å². The van der Waals surface area contributed by atoms with E-state index in [1.165, 1.54) is 270 Å². The molecule has 0 saturated heterocycles. The van der Waals surface area contributed by atoms with E-state index in [-0.39, 0.29) is 25.7 Å². The van der Waals surface area contributed by atoms with Gasteiger partial charge in [0, 0.05) is 25.7 Å². The minimum absolute atomic E-state index is 0.107. The van der Waals surface area contributed by atoms with Gasteiger partial charge in [0.2, 0.25) is 0 Å². The lowest BCUT2D eigenvalue weighted by molar-refractivity contribution is -0.161. The number of carbonyl (C=O) groups excluding carboxylic acids is 4. The van der Waals surface area contributed by atoms with Crippen molar-refractivity contribution in [2.45, 2.75) is 478 Å². The molecule has 630 valence electrons. The van der Waals surface area contributed by atoms with Gasteiger partial charge in [0.05, 0.1) is 26.4 Å². The van der Waals surface area contributed by atoms with Crippen LogP contribution in [-0.4, -0.2) is 96.7 Å². The van der Waals surface area contributed by atoms with Crippen LogP contribution in [0.4, 0.5) is 0 Å². The summed E-state index contributed by atoms with van der Waals surface area (Å²) < 4.78 is 68.9. The molecule has 6 atom stereocenters. The molecule has 106 heavy (non-hydrogen) atoms. The highest BCUT2D eigenvalue weighted by Crippen LogP contribution is 2.45. The fourth-order valence-corrected chi connectivity index (χ4v) is 15.1. The van der Waals surface area contributed by atoms with Crippen molar-refractivity contribution in [1.29, 1.82) is 0 Å². The van der Waals surface area contributed by atoms with Gasteiger partial charge in [-0.2, -0.15) is 0 Å². The van der Waals surface area contributed by atoms with E-state index >= 15 is 0 Å². The normalized spacial score (nSPS) is 14.1. The third-order valence-electron chi connectivity index (χ3n) is 20.7. The lowest BCUT2D eigenvalue weighted by atomic mass is 9.99. The Bertz CT molecular complexity index is 2050. The molecule has 0 heterocycles. The summed E-state index contributed by atoms with van der Waals surface area (Å²) in [5, 5.41) is 10.7. The third-order valence-corrected chi connectivity index (χ3v) is 22.6. The standard InChI is InChI=1S/C87H170O17P2/c1-8-10-11-12-13-14-15-26-34-41-49-56-63-70-86(91)104-83(75-98-85(90)69-62-55-48-43-36-38-45-52-59-66-79(5)6)77-102-106(95,96)100-73-81(88)72-99-105(93,94)101-76-82(74-97-84(89)68-61-54-47-40-33-29-24-21-20-22-27-31-37-44-51-58-65-78(3)4)103-87(92)71-64-57-50-42-35-30-25-19-17-16-18-23-28-32-39-46-53-60-67-80(7)9-2/h78-83,88H,8-77H2,1-7H3,(H,93,94)(H,95,96)/t80?,81-,82-,83-/m1/s1. The number of hydrogen-bond acceptors (Lipinski definition) is 15. The first-order chi connectivity index (χ1) is 51.3. The average molecular weight is 1550 g/mol. The van der Waals surface area contributed by atoms with Crippen molar-refractivity contribution in [2.75, 3.05) is 39.6 Å². The number of phosphoric ester groups is 2. The summed E-state index contributed by atoms with van der Waals surface area (Å²) >= 11 is 0. The van der Waals surface area contributed by atoms with E-state index in [2.05, 4.69) is 48.5 Å². The molecule has 0 aliphatic heterocycles. The number of ether oxygens (including phenoxy) is 4. The minimum atomic E-state index is -4.97. The van der Waals surface area contributed by atoms with Gasteiger partial charge in [-0.1, -0.05) is 408 Å². The molecule has 17 nitrogen and oxygen atoms in total. The highest BCUT2D eigenvalue weighted by Gasteiger charge is 2.31. The maximum Gasteiger partial charge on any atom is 0.472 e. The van der Waals surface area contributed by atoms with E-state index in [1.54, 1.807) is 0 Å². The molecule has 0 aromatic carbocycles. The van der Waals surface area contributed by atoms with Gasteiger partial charge >= 0.3 is 39.5 Å². The van der Waals surface area contributed by atoms with Crippen LogP contribution in [0.5, 0.6) is 0 Å². The number of rotatable bonds is 85. The number of aliphatic hydroxyl groups is 1. The summed E-state index contributed by atoms with van der Waals surface area (Å²) in [6, 6.07) is 0. The van der Waals surface area contributed by atoms with Crippen LogP contribution in [0.15, 0.2) is 0 Å². The predicted molar refractivity (Wildman–Crippen MR) is 437 cm³/mol. The summed E-state index contributed by atoms with van der Waals surface area (Å²) in [6.07, 6.45) is 68.0. The SMILES string of the molecule is CCCCCCCCCCCCCCCC(=O)O[C@H](COC(=O)CCCCCCCCCCCC(C)C)COP(=O)(O)OC[C@H](O)COP(=O)(O)OC[C@@H](COC(=O)CCCCCCCCCCCCCCCCCCC(C)C)OC(=O)CCCCCCCCCCCCCCCCCCCCC(C)CC. The molecule has 0 aliphatic carbocycles. The highest BCUT2D eigenvalue weighted by atomic mass is 31.2. The van der Waals surface area contributed by atoms with E-state index in [4.69, 9.17) is 37.0 Å². The Morgan fingerprint density at radius 3 is 0.717 bits per heavy atom. The first-order valence-corrected chi connectivity index (χ1v) is 47.9. The van der Waals surface area contributed by atoms with Crippen molar-refractivity contribution < 1.29 is 80.2 Å². The van der Waals surface area contributed by atoms with Crippen molar-refractivity contribution >= 4 is 39.5 Å². The molecule has 0 saturated carbocycles. The summed E-state index contributed by atoms with van der Waals surface area (Å²) in [5.74, 6) is 0.325. The van der Waals surface area contributed by atoms with Gasteiger partial charge in [-0.05, 0) is 43.4 Å². The maximum atomic E-state index is 13.2. The van der Waals surface area contributed by atoms with Crippen LogP contribution in [-0.2, 0) is 65.4 Å². The molecule has 0 amide bonds. The van der Waals surface area contributed by atoms with Gasteiger partial charge in [0.1, 0.15) is 19.3 Å². The molecule has 0 aromatic heterocycles. The fourth-order valence-electron chi connectivity index (χ4n) is 13.5. The van der Waals surface area contributed by atoms with Crippen LogP contribution in [0.2, 0.25) is 0 Å². The van der Waals surface area contributed by atoms with Crippen LogP contribution in [0.25, 0.3) is 0 Å². The zero-order valence-electron chi connectivity index (χ0n) is 69.9. The molecule has 0 bridgehead atoms. The van der Waals surface area contributed by atoms with Crippen molar-refractivity contribution in [2.24, 2.45) is 17.8 Å². The van der Waals surface area contributed by atoms with Crippen molar-refractivity contribution in [3.63, 3.8) is 0 Å². The summed E-state index contributed by atoms with van der Waals surface area (Å²) in [4.78, 5) is 73.2. The number of carbonyl (C=O) groups is 4. The smallest absolute Gasteiger partial charge is 0.462 e. The van der Waals surface area contributed by atoms with Gasteiger partial charge in [0.25, 0.3) is 0 Å². The first kappa shape index (κ1) is 104. The van der Waals surface area contributed by atoms with Crippen LogP contribution in [0, 0.1) is 17.8 Å². The van der Waals surface area contributed by atoms with Crippen molar-refractivity contribution in [3.8, 4) is 0 Å². The Balaban J connectivity index is 5.23. The zero-order valence-corrected chi connectivity index (χ0v) is 71.7. The maximum absolute atomic E-state index is 13.2. The zero-order chi connectivity index (χ0) is 77.9. The fraction of sp³-hybridized carbons (Fsp3) is 0.954. The van der Waals surface area contributed by atoms with Gasteiger partial charge in [0.15, 0.2) is 12.2 Å². The van der Waals surface area contributed by atoms with E-state index in [0.29, 0.717) is 25.7 Å². The predicted octanol–water partition coefficient (Wildman–Crippen LogP) is 26.5. The molecule has 0 spiro atoms. The third kappa shape index (κ3) is 78.7. The topological polar surface area (TPSA) is 237 Å². The van der Waals surface area contributed by atoms with Crippen molar-refractivity contribution in [3.05, 3.63) is 0 Å². The summed E-state index contributed by atoms with van der Waals surface area (Å²) in [6.45, 7) is 12.1. The number of unbranched alkanes of at least 4 members (excludes halogenated alkanes) is 52. The van der Waals surface area contributed by atoms with E-state index < -0.39 is 97.5 Å². The highest BCUT2D eigenvalue weighted by molar-refractivity contribution is 7.47. The molecule has 19 heteroatoms. The number of aliphatic hydroxyl groups excluding tert-OH is 1. The molecule has 3 unspecified atom stereocenters. The van der Waals surface area contributed by atoms with Gasteiger partial charge in [-0.3, -0.25) is 37.3 Å². The number of esters is 4. The lowest BCUT2D eigenvalue weighted by Gasteiger charge is -2.21. The van der Waals surface area contributed by atoms with Crippen LogP contribution >= 0.6 is 15.6 Å². The van der Waals surface area contributed by atoms with Crippen molar-refractivity contribution in [1.82, 2.24) is 0 Å². The van der Waals surface area contributed by atoms with Gasteiger partial charge in [-0.25, -0.2) is 9.13 Å². The Morgan fingerprint density at radius 1 is 0.274 bits per heavy atom. The van der Waals surface area contributed by atoms with E-state index in [9.17, 15) is 43.2 Å². The van der Waals surface area contributed by atoms with Crippen LogP contribution < -0.4 is 0 Å². The summed E-state index contributed by atoms with van der Waals surface area (Å²) in [7, 11) is -9.93. The van der Waals surface area contributed by atoms with Gasteiger partial charge < -0.3 is 33.8 Å². The summed E-state index contributed by atoms with van der Waals surface area (Å²) in [5.41, 5.74) is 0. The quantitative estimate of drug-likeness (QED) is 0.0222. The second-order valence-electron chi connectivity index (χ2n) is 32.5. The minimum Gasteiger partial charge on any atom is -0.462 e. The Hall–Kier alpha value is -1.94. The largest absolute Gasteiger partial charge is 0.472 e. The second-order valence-corrected chi connectivity index (χ2v) is 35.4. The second kappa shape index (κ2) is 77.0. The monoisotopic (exact) mass is 1550 g/mol. The van der Waals surface area contributed by atoms with E-state index in [0.717, 1.165) is 108 Å². The molecule has 0 fully saturated rings.